The zero-order valence-corrected chi connectivity index (χ0v) is 58.5. The van der Waals surface area contributed by atoms with Crippen LogP contribution in [0.3, 0.4) is 0 Å². The van der Waals surface area contributed by atoms with Crippen molar-refractivity contribution in [1.82, 2.24) is 0 Å². The first-order valence-corrected chi connectivity index (χ1v) is 38.2. The van der Waals surface area contributed by atoms with E-state index >= 15 is 0 Å². The predicted octanol–water partition coefficient (Wildman–Crippen LogP) is 19.0. The summed E-state index contributed by atoms with van der Waals surface area (Å²) < 4.78 is 68.1. The summed E-state index contributed by atoms with van der Waals surface area (Å²) in [6.07, 6.45) is 45.6. The molecule has 0 aliphatic carbocycles. The molecule has 0 aliphatic heterocycles. The van der Waals surface area contributed by atoms with Crippen molar-refractivity contribution in [3.8, 4) is 0 Å². The van der Waals surface area contributed by atoms with Gasteiger partial charge in [-0.05, 0) is 69.1 Å². The lowest BCUT2D eigenvalue weighted by molar-refractivity contribution is -0.161. The van der Waals surface area contributed by atoms with Crippen molar-refractivity contribution in [2.75, 3.05) is 39.6 Å². The van der Waals surface area contributed by atoms with Crippen LogP contribution in [0.2, 0.25) is 0 Å². The number of aliphatic hydroxyl groups excluding tert-OH is 1. The highest BCUT2D eigenvalue weighted by molar-refractivity contribution is 7.47. The number of carbonyl (C=O) groups excluding carboxylic acids is 4. The Morgan fingerprint density at radius 3 is 0.920 bits per heavy atom. The fourth-order valence-corrected chi connectivity index (χ4v) is 11.4. The van der Waals surface area contributed by atoms with Crippen LogP contribution < -0.4 is 0 Å². The Hall–Kier alpha value is -2.46. The van der Waals surface area contributed by atoms with E-state index in [4.69, 9.17) is 37.0 Å². The minimum absolute atomic E-state index is 0.0948. The summed E-state index contributed by atoms with van der Waals surface area (Å²) in [5.74, 6) is -0.0463. The molecule has 0 saturated carbocycles. The number of carbonyl (C=O) groups is 4. The minimum atomic E-state index is -4.96. The first-order chi connectivity index (χ1) is 42.2. The molecule has 0 fully saturated rings. The van der Waals surface area contributed by atoms with E-state index in [1.807, 2.05) is 0 Å². The largest absolute Gasteiger partial charge is 0.472 e. The summed E-state index contributed by atoms with van der Waals surface area (Å²) in [6, 6.07) is 0. The maximum atomic E-state index is 13.0. The first-order valence-electron chi connectivity index (χ1n) is 35.2. The van der Waals surface area contributed by atoms with Crippen molar-refractivity contribution >= 4 is 39.5 Å². The van der Waals surface area contributed by atoms with Crippen LogP contribution >= 0.6 is 15.6 Å². The van der Waals surface area contributed by atoms with Crippen LogP contribution in [0, 0.1) is 17.8 Å². The number of phosphoric ester groups is 2. The van der Waals surface area contributed by atoms with E-state index in [-0.39, 0.29) is 25.7 Å². The summed E-state index contributed by atoms with van der Waals surface area (Å²) in [5.41, 5.74) is 0. The van der Waals surface area contributed by atoms with Crippen LogP contribution in [-0.2, 0) is 65.4 Å². The van der Waals surface area contributed by atoms with Crippen molar-refractivity contribution < 1.29 is 80.2 Å². The molecule has 3 N–H and O–H groups in total. The van der Waals surface area contributed by atoms with Gasteiger partial charge in [-0.1, -0.05) is 265 Å². The number of ether oxygens (including phenoxy) is 4. The lowest BCUT2D eigenvalue weighted by atomic mass is 10.0. The van der Waals surface area contributed by atoms with E-state index in [2.05, 4.69) is 72.8 Å². The van der Waals surface area contributed by atoms with E-state index in [1.54, 1.807) is 0 Å². The molecule has 0 aromatic carbocycles. The summed E-state index contributed by atoms with van der Waals surface area (Å²) >= 11 is 0. The number of rotatable bonds is 65. The van der Waals surface area contributed by atoms with E-state index in [9.17, 15) is 43.2 Å². The fourth-order valence-electron chi connectivity index (χ4n) is 9.82. The molecule has 0 amide bonds. The average Bonchev–Trinajstić information content (AvgIpc) is 3.56. The molecular formula is C69H130O17P2. The van der Waals surface area contributed by atoms with Crippen LogP contribution in [0.1, 0.15) is 318 Å². The molecule has 19 heteroatoms. The van der Waals surface area contributed by atoms with Crippen molar-refractivity contribution in [1.29, 1.82) is 0 Å². The van der Waals surface area contributed by atoms with Crippen LogP contribution in [0.5, 0.6) is 0 Å². The Morgan fingerprint density at radius 2 is 0.614 bits per heavy atom. The molecule has 0 spiro atoms. The summed E-state index contributed by atoms with van der Waals surface area (Å²) in [5, 5.41) is 10.6. The molecule has 0 aromatic rings. The molecular weight excluding hydrogens is 1160 g/mol. The number of unbranched alkanes of at least 4 members (excludes halogenated alkanes) is 30. The molecule has 0 aliphatic rings. The third-order valence-corrected chi connectivity index (χ3v) is 17.2. The van der Waals surface area contributed by atoms with Gasteiger partial charge in [0.25, 0.3) is 0 Å². The van der Waals surface area contributed by atoms with Crippen molar-refractivity contribution in [2.24, 2.45) is 17.8 Å². The Labute approximate surface area is 535 Å². The number of aliphatic hydroxyl groups is 1. The molecule has 17 nitrogen and oxygen atoms in total. The van der Waals surface area contributed by atoms with Gasteiger partial charge in [-0.15, -0.1) is 0 Å². The lowest BCUT2D eigenvalue weighted by Gasteiger charge is -2.21. The highest BCUT2D eigenvalue weighted by atomic mass is 31.2. The van der Waals surface area contributed by atoms with Crippen LogP contribution in [0.4, 0.5) is 0 Å². The highest BCUT2D eigenvalue weighted by Crippen LogP contribution is 2.45. The van der Waals surface area contributed by atoms with Crippen molar-refractivity contribution in [3.63, 3.8) is 0 Å². The van der Waals surface area contributed by atoms with Crippen LogP contribution in [-0.4, -0.2) is 96.7 Å². The molecule has 0 bridgehead atoms. The smallest absolute Gasteiger partial charge is 0.462 e. The van der Waals surface area contributed by atoms with Crippen LogP contribution in [0.25, 0.3) is 0 Å². The van der Waals surface area contributed by atoms with Crippen LogP contribution in [0.15, 0.2) is 24.3 Å². The molecule has 88 heavy (non-hydrogen) atoms. The highest BCUT2D eigenvalue weighted by Gasteiger charge is 2.30. The van der Waals surface area contributed by atoms with E-state index in [0.717, 1.165) is 121 Å². The second-order valence-electron chi connectivity index (χ2n) is 25.7. The van der Waals surface area contributed by atoms with Gasteiger partial charge in [-0.25, -0.2) is 9.13 Å². The summed E-state index contributed by atoms with van der Waals surface area (Å²) in [6.45, 7) is 11.6. The number of phosphoric acid groups is 2. The van der Waals surface area contributed by atoms with Gasteiger partial charge >= 0.3 is 39.5 Å². The number of hydrogen-bond donors (Lipinski definition) is 3. The molecule has 0 radical (unpaired) electrons. The maximum absolute atomic E-state index is 13.0. The molecule has 0 rings (SSSR count). The zero-order valence-electron chi connectivity index (χ0n) is 56.7. The lowest BCUT2D eigenvalue weighted by Crippen LogP contribution is -2.30. The van der Waals surface area contributed by atoms with Crippen molar-refractivity contribution in [2.45, 2.75) is 336 Å². The van der Waals surface area contributed by atoms with Gasteiger partial charge in [0.05, 0.1) is 26.4 Å². The average molecular weight is 1290 g/mol. The van der Waals surface area contributed by atoms with Gasteiger partial charge in [0, 0.05) is 25.7 Å². The second-order valence-corrected chi connectivity index (χ2v) is 28.6. The van der Waals surface area contributed by atoms with Gasteiger partial charge in [-0.3, -0.25) is 37.3 Å². The van der Waals surface area contributed by atoms with Gasteiger partial charge in [0.1, 0.15) is 19.3 Å². The topological polar surface area (TPSA) is 237 Å². The predicted molar refractivity (Wildman–Crippen MR) is 354 cm³/mol. The fraction of sp³-hybridized carbons (Fsp3) is 0.884. The number of hydrogen-bond acceptors (Lipinski definition) is 15. The monoisotopic (exact) mass is 1290 g/mol. The minimum Gasteiger partial charge on any atom is -0.462 e. The standard InChI is InChI=1S/C69H130O17P2/c1-8-9-10-11-12-13-14-15-16-17-21-24-27-36-43-50-66(71)79-56-65(86-69(74)53-46-39-32-30-35-42-49-62(6)7)59-84-88(77,78)82-55-63(70)54-81-87(75,76)83-58-64(57-80-67(72)51-44-37-31-29-34-41-48-61(4)5)85-68(73)52-45-38-28-25-22-19-18-20-23-26-33-40-47-60(2)3/h13-16,60-65,70H,8-12,17-59H2,1-7H3,(H,75,76)(H,77,78)/b14-13-,16-15-/t63-,64+,65+/m0/s1. The van der Waals surface area contributed by atoms with E-state index in [1.165, 1.54) is 103 Å². The van der Waals surface area contributed by atoms with E-state index in [0.29, 0.717) is 37.5 Å². The maximum Gasteiger partial charge on any atom is 0.472 e. The third kappa shape index (κ3) is 62.4. The Bertz CT molecular complexity index is 1830. The zero-order chi connectivity index (χ0) is 65.2. The molecule has 518 valence electrons. The van der Waals surface area contributed by atoms with Gasteiger partial charge < -0.3 is 33.8 Å². The Kier molecular flexibility index (Phi) is 57.9. The van der Waals surface area contributed by atoms with E-state index < -0.39 is 97.5 Å². The Morgan fingerprint density at radius 1 is 0.352 bits per heavy atom. The number of allylic oxidation sites excluding steroid dienone is 4. The molecule has 5 atom stereocenters. The second kappa shape index (κ2) is 59.5. The summed E-state index contributed by atoms with van der Waals surface area (Å²) in [7, 11) is -9.91. The Balaban J connectivity index is 5.23. The van der Waals surface area contributed by atoms with Gasteiger partial charge in [0.2, 0.25) is 0 Å². The summed E-state index contributed by atoms with van der Waals surface area (Å²) in [4.78, 5) is 72.4. The molecule has 0 aromatic heterocycles. The normalized spacial score (nSPS) is 14.4. The van der Waals surface area contributed by atoms with Crippen molar-refractivity contribution in [3.05, 3.63) is 24.3 Å². The third-order valence-electron chi connectivity index (χ3n) is 15.3. The molecule has 2 unspecified atom stereocenters. The molecule has 0 saturated heterocycles. The van der Waals surface area contributed by atoms with Gasteiger partial charge in [-0.2, -0.15) is 0 Å². The SMILES string of the molecule is CCCCCC/C=C\C=C/CCCCCCCC(=O)OC[C@H](COP(=O)(O)OC[C@@H](O)COP(=O)(O)OC[C@@H](COC(=O)CCCCCCCCC(C)C)OC(=O)CCCCCCCCCCCCCCC(C)C)OC(=O)CCCCCCCCC(C)C. The van der Waals surface area contributed by atoms with Gasteiger partial charge in [0.15, 0.2) is 12.2 Å². The first kappa shape index (κ1) is 85.5. The number of esters is 4. The quantitative estimate of drug-likeness (QED) is 0.0169. The molecule has 0 heterocycles.